The third-order valence-electron chi connectivity index (χ3n) is 3.92. The molecule has 0 spiro atoms. The van der Waals surface area contributed by atoms with Gasteiger partial charge in [0.2, 0.25) is 0 Å². The highest BCUT2D eigenvalue weighted by atomic mass is 16.5. The molecule has 0 aliphatic carbocycles. The molecule has 26 heavy (non-hydrogen) atoms. The van der Waals surface area contributed by atoms with Crippen LogP contribution in [0.2, 0.25) is 0 Å². The van der Waals surface area contributed by atoms with Gasteiger partial charge >= 0.3 is 0 Å². The molecule has 1 amide bonds. The number of ether oxygens (including phenoxy) is 2. The summed E-state index contributed by atoms with van der Waals surface area (Å²) in [5.41, 5.74) is 5.64. The second-order valence-corrected chi connectivity index (χ2v) is 7.09. The van der Waals surface area contributed by atoms with Crippen LogP contribution in [0.1, 0.15) is 37.5 Å². The van der Waals surface area contributed by atoms with Crippen LogP contribution in [-0.4, -0.2) is 25.8 Å². The third kappa shape index (κ3) is 5.62. The van der Waals surface area contributed by atoms with E-state index in [0.29, 0.717) is 5.75 Å². The van der Waals surface area contributed by atoms with E-state index in [1.807, 2.05) is 43.3 Å². The van der Waals surface area contributed by atoms with E-state index >= 15 is 0 Å². The zero-order valence-corrected chi connectivity index (χ0v) is 16.0. The lowest BCUT2D eigenvalue weighted by Gasteiger charge is -2.20. The lowest BCUT2D eigenvalue weighted by Crippen LogP contribution is -2.24. The summed E-state index contributed by atoms with van der Waals surface area (Å²) in [6.45, 7) is 8.38. The third-order valence-corrected chi connectivity index (χ3v) is 3.92. The van der Waals surface area contributed by atoms with Crippen molar-refractivity contribution >= 4 is 12.1 Å². The Labute approximate surface area is 155 Å². The van der Waals surface area contributed by atoms with Crippen molar-refractivity contribution < 1.29 is 14.3 Å². The van der Waals surface area contributed by atoms with Crippen LogP contribution in [-0.2, 0) is 10.2 Å². The molecule has 0 aromatic heterocycles. The summed E-state index contributed by atoms with van der Waals surface area (Å²) in [6.07, 6.45) is 1.57. The molecule has 1 N–H and O–H groups in total. The van der Waals surface area contributed by atoms with Gasteiger partial charge in [-0.2, -0.15) is 5.10 Å². The average Bonchev–Trinajstić information content (AvgIpc) is 2.60. The van der Waals surface area contributed by atoms with Crippen LogP contribution < -0.4 is 14.9 Å². The van der Waals surface area contributed by atoms with Gasteiger partial charge in [0.05, 0.1) is 13.3 Å². The van der Waals surface area contributed by atoms with Crippen LogP contribution in [0.5, 0.6) is 11.5 Å². The zero-order chi connectivity index (χ0) is 19.2. The topological polar surface area (TPSA) is 59.9 Å². The van der Waals surface area contributed by atoms with Crippen molar-refractivity contribution in [3.63, 3.8) is 0 Å². The molecule has 0 radical (unpaired) electrons. The largest absolute Gasteiger partial charge is 0.497 e. The number of amides is 1. The minimum absolute atomic E-state index is 0.0802. The number of benzene rings is 2. The summed E-state index contributed by atoms with van der Waals surface area (Å²) in [4.78, 5) is 11.9. The van der Waals surface area contributed by atoms with E-state index < -0.39 is 0 Å². The molecule has 0 saturated carbocycles. The predicted octanol–water partition coefficient (Wildman–Crippen LogP) is 3.83. The summed E-state index contributed by atoms with van der Waals surface area (Å²) in [7, 11) is 1.61. The van der Waals surface area contributed by atoms with E-state index in [-0.39, 0.29) is 17.9 Å². The molecule has 0 fully saturated rings. The molecule has 0 aliphatic rings. The molecular weight excluding hydrogens is 328 g/mol. The maximum Gasteiger partial charge on any atom is 0.277 e. The van der Waals surface area contributed by atoms with Crippen molar-refractivity contribution in [3.8, 4) is 11.5 Å². The van der Waals surface area contributed by atoms with Crippen molar-refractivity contribution in [2.45, 2.75) is 33.1 Å². The molecule has 0 aliphatic heterocycles. The first-order valence-corrected chi connectivity index (χ1v) is 8.49. The summed E-state index contributed by atoms with van der Waals surface area (Å²) in [6, 6.07) is 13.4. The van der Waals surface area contributed by atoms with Crippen LogP contribution in [0.15, 0.2) is 47.6 Å². The molecule has 138 valence electrons. The predicted molar refractivity (Wildman–Crippen MR) is 104 cm³/mol. The standard InChI is InChI=1S/C21H26N2O3/c1-15-12-17(21(2,3)4)8-11-19(15)26-14-20(24)23-22-13-16-6-9-18(25-5)10-7-16/h6-13H,14H2,1-5H3,(H,23,24)/b22-13+. The van der Waals surface area contributed by atoms with Gasteiger partial charge in [-0.25, -0.2) is 5.43 Å². The lowest BCUT2D eigenvalue weighted by atomic mass is 9.86. The van der Waals surface area contributed by atoms with Crippen molar-refractivity contribution in [2.75, 3.05) is 13.7 Å². The molecule has 0 heterocycles. The van der Waals surface area contributed by atoms with Crippen LogP contribution in [0.25, 0.3) is 0 Å². The summed E-state index contributed by atoms with van der Waals surface area (Å²) >= 11 is 0. The summed E-state index contributed by atoms with van der Waals surface area (Å²) < 4.78 is 10.7. The number of rotatable bonds is 6. The van der Waals surface area contributed by atoms with Gasteiger partial charge in [-0.3, -0.25) is 4.79 Å². The van der Waals surface area contributed by atoms with E-state index in [2.05, 4.69) is 37.4 Å². The van der Waals surface area contributed by atoms with Crippen LogP contribution in [0, 0.1) is 6.92 Å². The second kappa shape index (κ2) is 8.52. The second-order valence-electron chi connectivity index (χ2n) is 7.09. The molecule has 5 nitrogen and oxygen atoms in total. The van der Waals surface area contributed by atoms with Crippen molar-refractivity contribution in [2.24, 2.45) is 5.10 Å². The van der Waals surface area contributed by atoms with Crippen molar-refractivity contribution in [1.29, 1.82) is 0 Å². The fourth-order valence-electron chi connectivity index (χ4n) is 2.32. The number of carbonyl (C=O) groups excluding carboxylic acids is 1. The number of carbonyl (C=O) groups is 1. The summed E-state index contributed by atoms with van der Waals surface area (Å²) in [5.74, 6) is 1.16. The maximum atomic E-state index is 11.9. The fraction of sp³-hybridized carbons (Fsp3) is 0.333. The molecule has 2 aromatic carbocycles. The minimum atomic E-state index is -0.311. The Bertz CT molecular complexity index is 775. The van der Waals surface area contributed by atoms with Crippen molar-refractivity contribution in [3.05, 3.63) is 59.2 Å². The van der Waals surface area contributed by atoms with Gasteiger partial charge in [0.25, 0.3) is 5.91 Å². The van der Waals surface area contributed by atoms with Gasteiger partial charge in [0, 0.05) is 0 Å². The van der Waals surface area contributed by atoms with Crippen LogP contribution in [0.4, 0.5) is 0 Å². The Morgan fingerprint density at radius 1 is 1.15 bits per heavy atom. The van der Waals surface area contributed by atoms with Gasteiger partial charge in [-0.05, 0) is 59.4 Å². The van der Waals surface area contributed by atoms with Gasteiger partial charge in [-0.15, -0.1) is 0 Å². The number of nitrogens with zero attached hydrogens (tertiary/aromatic N) is 1. The Morgan fingerprint density at radius 3 is 2.42 bits per heavy atom. The Balaban J connectivity index is 1.85. The van der Waals surface area contributed by atoms with Gasteiger partial charge in [0.15, 0.2) is 6.61 Å². The number of hydrazone groups is 1. The first-order chi connectivity index (χ1) is 12.3. The molecule has 2 aromatic rings. The highest BCUT2D eigenvalue weighted by Crippen LogP contribution is 2.27. The monoisotopic (exact) mass is 354 g/mol. The van der Waals surface area contributed by atoms with Gasteiger partial charge in [-0.1, -0.05) is 32.9 Å². The number of aryl methyl sites for hydroxylation is 1. The number of hydrogen-bond donors (Lipinski definition) is 1. The normalized spacial score (nSPS) is 11.4. The fourth-order valence-corrected chi connectivity index (χ4v) is 2.32. The van der Waals surface area contributed by atoms with E-state index in [1.54, 1.807) is 13.3 Å². The van der Waals surface area contributed by atoms with Gasteiger partial charge in [0.1, 0.15) is 11.5 Å². The molecular formula is C21H26N2O3. The van der Waals surface area contributed by atoms with Crippen LogP contribution >= 0.6 is 0 Å². The lowest BCUT2D eigenvalue weighted by molar-refractivity contribution is -0.123. The Kier molecular flexibility index (Phi) is 6.39. The van der Waals surface area contributed by atoms with E-state index in [1.165, 1.54) is 5.56 Å². The highest BCUT2D eigenvalue weighted by Gasteiger charge is 2.15. The average molecular weight is 354 g/mol. The summed E-state index contributed by atoms with van der Waals surface area (Å²) in [5, 5.41) is 3.93. The zero-order valence-electron chi connectivity index (χ0n) is 16.0. The van der Waals surface area contributed by atoms with E-state index in [4.69, 9.17) is 9.47 Å². The van der Waals surface area contributed by atoms with Crippen LogP contribution in [0.3, 0.4) is 0 Å². The smallest absolute Gasteiger partial charge is 0.277 e. The molecule has 2 rings (SSSR count). The SMILES string of the molecule is COc1ccc(/C=N/NC(=O)COc2ccc(C(C)(C)C)cc2C)cc1. The minimum Gasteiger partial charge on any atom is -0.497 e. The van der Waals surface area contributed by atoms with E-state index in [0.717, 1.165) is 16.9 Å². The van der Waals surface area contributed by atoms with Crippen molar-refractivity contribution in [1.82, 2.24) is 5.43 Å². The Hall–Kier alpha value is -2.82. The Morgan fingerprint density at radius 2 is 1.85 bits per heavy atom. The number of nitrogens with one attached hydrogen (secondary N) is 1. The molecule has 0 unspecified atom stereocenters. The maximum absolute atomic E-state index is 11.9. The molecule has 0 saturated heterocycles. The number of methoxy groups -OCH3 is 1. The molecule has 0 bridgehead atoms. The quantitative estimate of drug-likeness (QED) is 0.633. The molecule has 0 atom stereocenters. The number of hydrogen-bond acceptors (Lipinski definition) is 4. The first-order valence-electron chi connectivity index (χ1n) is 8.49. The van der Waals surface area contributed by atoms with Gasteiger partial charge < -0.3 is 9.47 Å². The highest BCUT2D eigenvalue weighted by molar-refractivity contribution is 5.83. The van der Waals surface area contributed by atoms with E-state index in [9.17, 15) is 4.79 Å². The molecule has 5 heteroatoms. The first kappa shape index (κ1) is 19.5.